The van der Waals surface area contributed by atoms with Crippen molar-refractivity contribution in [2.45, 2.75) is 0 Å². The van der Waals surface area contributed by atoms with Gasteiger partial charge in [0.25, 0.3) is 0 Å². The van der Waals surface area contributed by atoms with E-state index in [4.69, 9.17) is 15.0 Å². The van der Waals surface area contributed by atoms with E-state index in [-0.39, 0.29) is 0 Å². The van der Waals surface area contributed by atoms with E-state index in [0.29, 0.717) is 5.88 Å². The van der Waals surface area contributed by atoms with E-state index in [1.54, 1.807) is 18.4 Å². The van der Waals surface area contributed by atoms with Crippen molar-refractivity contribution in [1.82, 2.24) is 5.16 Å². The topological polar surface area (TPSA) is 61.3 Å². The zero-order valence-electron chi connectivity index (χ0n) is 10.6. The van der Waals surface area contributed by atoms with Crippen LogP contribution in [0, 0.1) is 2.88 Å². The smallest absolute Gasteiger partial charge is 0.230 e. The Labute approximate surface area is 133 Å². The van der Waals surface area contributed by atoms with Gasteiger partial charge >= 0.3 is 0 Å². The van der Waals surface area contributed by atoms with E-state index in [0.717, 1.165) is 28.1 Å². The quantitative estimate of drug-likeness (QED) is 0.670. The van der Waals surface area contributed by atoms with Crippen LogP contribution in [0.25, 0.3) is 22.4 Å². The summed E-state index contributed by atoms with van der Waals surface area (Å²) in [5.74, 6) is 1.09. The highest BCUT2D eigenvalue weighted by Crippen LogP contribution is 2.38. The minimum atomic E-state index is 0.314. The van der Waals surface area contributed by atoms with Crippen molar-refractivity contribution >= 4 is 39.8 Å². The number of anilines is 1. The highest BCUT2D eigenvalue weighted by molar-refractivity contribution is 14.1. The summed E-state index contributed by atoms with van der Waals surface area (Å²) in [6, 6.07) is 9.75. The number of aromatic nitrogens is 1. The molecule has 4 nitrogen and oxygen atoms in total. The molecule has 1 aromatic carbocycles. The summed E-state index contributed by atoms with van der Waals surface area (Å²) in [6.45, 7) is 0. The molecule has 0 aliphatic rings. The van der Waals surface area contributed by atoms with Gasteiger partial charge in [-0.2, -0.15) is 0 Å². The lowest BCUT2D eigenvalue weighted by atomic mass is 10.0. The molecular formula is C14H11IN2O2S. The third-order valence-corrected chi connectivity index (χ3v) is 4.71. The van der Waals surface area contributed by atoms with Gasteiger partial charge in [0.05, 0.1) is 15.6 Å². The summed E-state index contributed by atoms with van der Waals surface area (Å²) in [5, 5.41) is 6.14. The number of hydrogen-bond acceptors (Lipinski definition) is 5. The molecule has 20 heavy (non-hydrogen) atoms. The van der Waals surface area contributed by atoms with Gasteiger partial charge in [-0.15, -0.1) is 11.3 Å². The number of methoxy groups -OCH3 is 1. The first-order valence-corrected chi connectivity index (χ1v) is 7.79. The Morgan fingerprint density at radius 2 is 2.15 bits per heavy atom. The SMILES string of the molecule is COc1cccc(-c2c(-c3csc(I)c3)noc2N)c1. The van der Waals surface area contributed by atoms with Crippen molar-refractivity contribution in [3.05, 3.63) is 38.6 Å². The molecule has 0 spiro atoms. The van der Waals surface area contributed by atoms with Crippen LogP contribution in [0.4, 0.5) is 5.88 Å². The van der Waals surface area contributed by atoms with Gasteiger partial charge in [-0.25, -0.2) is 0 Å². The predicted octanol–water partition coefficient (Wildman–Crippen LogP) is 4.27. The van der Waals surface area contributed by atoms with E-state index < -0.39 is 0 Å². The van der Waals surface area contributed by atoms with Crippen LogP contribution in [0.5, 0.6) is 5.75 Å². The maximum atomic E-state index is 5.94. The molecule has 0 saturated carbocycles. The summed E-state index contributed by atoms with van der Waals surface area (Å²) < 4.78 is 11.6. The summed E-state index contributed by atoms with van der Waals surface area (Å²) in [4.78, 5) is 0. The Morgan fingerprint density at radius 1 is 1.30 bits per heavy atom. The summed E-state index contributed by atoms with van der Waals surface area (Å²) in [7, 11) is 1.64. The average molecular weight is 398 g/mol. The van der Waals surface area contributed by atoms with Crippen LogP contribution in [-0.4, -0.2) is 12.3 Å². The minimum absolute atomic E-state index is 0.314. The molecule has 6 heteroatoms. The third-order valence-electron chi connectivity index (χ3n) is 2.92. The molecule has 2 aromatic heterocycles. The van der Waals surface area contributed by atoms with Crippen molar-refractivity contribution in [2.24, 2.45) is 0 Å². The summed E-state index contributed by atoms with van der Waals surface area (Å²) in [6.07, 6.45) is 0. The van der Waals surface area contributed by atoms with Gasteiger partial charge in [-0.1, -0.05) is 17.3 Å². The fraction of sp³-hybridized carbons (Fsp3) is 0.0714. The number of nitrogens with zero attached hydrogens (tertiary/aromatic N) is 1. The van der Waals surface area contributed by atoms with Crippen molar-refractivity contribution in [1.29, 1.82) is 0 Å². The van der Waals surface area contributed by atoms with Gasteiger partial charge in [0.1, 0.15) is 11.4 Å². The zero-order valence-corrected chi connectivity index (χ0v) is 13.6. The van der Waals surface area contributed by atoms with Crippen molar-refractivity contribution in [3.63, 3.8) is 0 Å². The van der Waals surface area contributed by atoms with Crippen LogP contribution in [0.3, 0.4) is 0 Å². The predicted molar refractivity (Wildman–Crippen MR) is 88.9 cm³/mol. The second kappa shape index (κ2) is 5.45. The second-order valence-electron chi connectivity index (χ2n) is 4.14. The highest BCUT2D eigenvalue weighted by atomic mass is 127. The fourth-order valence-corrected chi connectivity index (χ4v) is 3.32. The number of ether oxygens (including phenoxy) is 1. The molecule has 2 heterocycles. The molecule has 3 rings (SSSR count). The van der Waals surface area contributed by atoms with Gasteiger partial charge < -0.3 is 15.0 Å². The molecule has 102 valence electrons. The number of benzene rings is 1. The van der Waals surface area contributed by atoms with E-state index in [1.165, 1.54) is 2.88 Å². The second-order valence-corrected chi connectivity index (χ2v) is 6.95. The first-order valence-electron chi connectivity index (χ1n) is 5.83. The number of nitrogen functional groups attached to an aromatic ring is 1. The molecule has 0 aliphatic carbocycles. The summed E-state index contributed by atoms with van der Waals surface area (Å²) >= 11 is 3.94. The summed E-state index contributed by atoms with van der Waals surface area (Å²) in [5.41, 5.74) is 9.45. The normalized spacial score (nSPS) is 10.7. The average Bonchev–Trinajstić information content (AvgIpc) is 3.05. The molecule has 0 saturated heterocycles. The molecular weight excluding hydrogens is 387 g/mol. The Balaban J connectivity index is 2.15. The van der Waals surface area contributed by atoms with Crippen LogP contribution in [0.1, 0.15) is 0 Å². The van der Waals surface area contributed by atoms with Crippen molar-refractivity contribution in [2.75, 3.05) is 12.8 Å². The number of nitrogens with two attached hydrogens (primary N) is 1. The molecule has 0 amide bonds. The molecule has 0 atom stereocenters. The van der Waals surface area contributed by atoms with Gasteiger partial charge in [-0.05, 0) is 46.4 Å². The maximum Gasteiger partial charge on any atom is 0.230 e. The lowest BCUT2D eigenvalue weighted by molar-refractivity contribution is 0.415. The molecule has 0 fully saturated rings. The molecule has 0 unspecified atom stereocenters. The Morgan fingerprint density at radius 3 is 2.85 bits per heavy atom. The largest absolute Gasteiger partial charge is 0.497 e. The van der Waals surface area contributed by atoms with Crippen LogP contribution < -0.4 is 10.5 Å². The number of hydrogen-bond donors (Lipinski definition) is 1. The van der Waals surface area contributed by atoms with Crippen LogP contribution in [0.2, 0.25) is 0 Å². The highest BCUT2D eigenvalue weighted by Gasteiger charge is 2.18. The minimum Gasteiger partial charge on any atom is -0.497 e. The fourth-order valence-electron chi connectivity index (χ4n) is 1.99. The molecule has 0 radical (unpaired) electrons. The van der Waals surface area contributed by atoms with Gasteiger partial charge in [0, 0.05) is 10.9 Å². The van der Waals surface area contributed by atoms with Crippen molar-refractivity contribution < 1.29 is 9.26 Å². The van der Waals surface area contributed by atoms with Crippen molar-refractivity contribution in [3.8, 4) is 28.1 Å². The Hall–Kier alpha value is -1.54. The van der Waals surface area contributed by atoms with Crippen LogP contribution in [-0.2, 0) is 0 Å². The van der Waals surface area contributed by atoms with E-state index in [2.05, 4.69) is 33.8 Å². The molecule has 2 N–H and O–H groups in total. The first kappa shape index (κ1) is 13.4. The Kier molecular flexibility index (Phi) is 3.66. The van der Waals surface area contributed by atoms with Crippen LogP contribution >= 0.6 is 33.9 Å². The van der Waals surface area contributed by atoms with Gasteiger partial charge in [0.15, 0.2) is 0 Å². The number of halogens is 1. The van der Waals surface area contributed by atoms with E-state index in [9.17, 15) is 0 Å². The lowest BCUT2D eigenvalue weighted by Gasteiger charge is -2.04. The van der Waals surface area contributed by atoms with Crippen LogP contribution in [0.15, 0.2) is 40.2 Å². The first-order chi connectivity index (χ1) is 9.69. The third kappa shape index (κ3) is 2.40. The molecule has 0 aliphatic heterocycles. The standard InChI is InChI=1S/C14H11IN2O2S/c1-18-10-4-2-3-8(5-10)12-13(17-19-14(12)16)9-6-11(15)20-7-9/h2-7H,16H2,1H3. The maximum absolute atomic E-state index is 5.94. The number of thiophene rings is 1. The number of rotatable bonds is 3. The molecule has 0 bridgehead atoms. The van der Waals surface area contributed by atoms with E-state index >= 15 is 0 Å². The van der Waals surface area contributed by atoms with Gasteiger partial charge in [-0.3, -0.25) is 0 Å². The Bertz CT molecular complexity index is 751. The molecule has 3 aromatic rings. The zero-order chi connectivity index (χ0) is 14.1. The lowest BCUT2D eigenvalue weighted by Crippen LogP contribution is -1.88. The van der Waals surface area contributed by atoms with Gasteiger partial charge in [0.2, 0.25) is 5.88 Å². The monoisotopic (exact) mass is 398 g/mol. The van der Waals surface area contributed by atoms with E-state index in [1.807, 2.05) is 29.6 Å².